The summed E-state index contributed by atoms with van der Waals surface area (Å²) in [6, 6.07) is 10.1. The second kappa shape index (κ2) is 4.31. The third kappa shape index (κ3) is 1.84. The number of rotatable bonds is 1. The van der Waals surface area contributed by atoms with Gasteiger partial charge in [0.1, 0.15) is 5.82 Å². The van der Waals surface area contributed by atoms with Crippen LogP contribution in [0.3, 0.4) is 0 Å². The minimum atomic E-state index is 0.769. The number of nitrogens with zero attached hydrogens (tertiary/aromatic N) is 3. The Kier molecular flexibility index (Phi) is 2.44. The van der Waals surface area contributed by atoms with Gasteiger partial charge in [-0.1, -0.05) is 0 Å². The first-order chi connectivity index (χ1) is 10.2. The Morgan fingerprint density at radius 1 is 1.05 bits per heavy atom. The second-order valence-electron chi connectivity index (χ2n) is 5.22. The third-order valence-corrected chi connectivity index (χ3v) is 3.79. The number of pyridine rings is 2. The molecule has 4 heteroatoms. The summed E-state index contributed by atoms with van der Waals surface area (Å²) in [6.45, 7) is 2.07. The van der Waals surface area contributed by atoms with Gasteiger partial charge in [-0.2, -0.15) is 0 Å². The molecule has 0 aliphatic rings. The lowest BCUT2D eigenvalue weighted by Gasteiger charge is -2.08. The average molecular weight is 274 g/mol. The van der Waals surface area contributed by atoms with Crippen LogP contribution in [0.2, 0.25) is 0 Å². The first-order valence-electron chi connectivity index (χ1n) is 6.80. The smallest absolute Gasteiger partial charge is 0.137 e. The fourth-order valence-electron chi connectivity index (χ4n) is 2.77. The van der Waals surface area contributed by atoms with Crippen LogP contribution in [0.1, 0.15) is 5.56 Å². The Morgan fingerprint density at radius 2 is 1.95 bits per heavy atom. The molecule has 4 aromatic rings. The number of aromatic nitrogens is 3. The predicted molar refractivity (Wildman–Crippen MR) is 85.5 cm³/mol. The summed E-state index contributed by atoms with van der Waals surface area (Å²) in [4.78, 5) is 8.76. The minimum absolute atomic E-state index is 0.769. The van der Waals surface area contributed by atoms with E-state index in [-0.39, 0.29) is 0 Å². The van der Waals surface area contributed by atoms with Crippen LogP contribution in [0, 0.1) is 6.92 Å². The summed E-state index contributed by atoms with van der Waals surface area (Å²) in [5, 5.41) is 3.38. The van der Waals surface area contributed by atoms with Gasteiger partial charge in [-0.05, 0) is 48.2 Å². The van der Waals surface area contributed by atoms with Crippen molar-refractivity contribution in [1.29, 1.82) is 0 Å². The molecule has 0 radical (unpaired) electrons. The molecule has 0 atom stereocenters. The molecular formula is C17H14N4. The molecule has 3 heterocycles. The van der Waals surface area contributed by atoms with Gasteiger partial charge in [0.05, 0.1) is 11.7 Å². The van der Waals surface area contributed by atoms with Crippen molar-refractivity contribution in [3.8, 4) is 5.82 Å². The molecule has 1 aromatic carbocycles. The number of fused-ring (bicyclic) bond motifs is 2. The van der Waals surface area contributed by atoms with E-state index in [0.29, 0.717) is 0 Å². The molecule has 0 fully saturated rings. The number of aryl methyl sites for hydroxylation is 1. The second-order valence-corrected chi connectivity index (χ2v) is 5.22. The summed E-state index contributed by atoms with van der Waals surface area (Å²) in [6.07, 6.45) is 7.55. The lowest BCUT2D eigenvalue weighted by Crippen LogP contribution is -1.97. The molecule has 4 nitrogen and oxygen atoms in total. The van der Waals surface area contributed by atoms with Crippen LogP contribution in [-0.4, -0.2) is 14.5 Å². The summed E-state index contributed by atoms with van der Waals surface area (Å²) >= 11 is 0. The van der Waals surface area contributed by atoms with Crippen LogP contribution in [0.4, 0.5) is 5.69 Å². The molecule has 2 N–H and O–H groups in total. The van der Waals surface area contributed by atoms with Crippen LogP contribution in [0.25, 0.3) is 27.5 Å². The predicted octanol–water partition coefficient (Wildman–Crippen LogP) is 3.46. The number of benzene rings is 1. The van der Waals surface area contributed by atoms with E-state index in [1.807, 2.05) is 36.8 Å². The van der Waals surface area contributed by atoms with Gasteiger partial charge in [-0.3, -0.25) is 9.55 Å². The molecule has 4 rings (SSSR count). The lowest BCUT2D eigenvalue weighted by atomic mass is 10.1. The Morgan fingerprint density at radius 3 is 2.86 bits per heavy atom. The number of anilines is 1. The van der Waals surface area contributed by atoms with Crippen LogP contribution < -0.4 is 5.73 Å². The first-order valence-corrected chi connectivity index (χ1v) is 6.80. The zero-order valence-electron chi connectivity index (χ0n) is 11.6. The summed E-state index contributed by atoms with van der Waals surface area (Å²) < 4.78 is 2.05. The molecule has 0 aliphatic carbocycles. The molecule has 0 aliphatic heterocycles. The largest absolute Gasteiger partial charge is 0.399 e. The molecular weight excluding hydrogens is 260 g/mol. The van der Waals surface area contributed by atoms with Gasteiger partial charge in [-0.25, -0.2) is 4.98 Å². The fraction of sp³-hybridized carbons (Fsp3) is 0.0588. The number of nitrogens with two attached hydrogens (primary N) is 1. The van der Waals surface area contributed by atoms with Gasteiger partial charge >= 0.3 is 0 Å². The molecule has 21 heavy (non-hydrogen) atoms. The highest BCUT2D eigenvalue weighted by Gasteiger charge is 2.07. The van der Waals surface area contributed by atoms with E-state index < -0.39 is 0 Å². The van der Waals surface area contributed by atoms with Crippen molar-refractivity contribution in [3.05, 3.63) is 60.7 Å². The zero-order valence-corrected chi connectivity index (χ0v) is 11.6. The van der Waals surface area contributed by atoms with Gasteiger partial charge in [0.15, 0.2) is 0 Å². The van der Waals surface area contributed by atoms with Crippen molar-refractivity contribution in [1.82, 2.24) is 14.5 Å². The molecule has 0 spiro atoms. The van der Waals surface area contributed by atoms with Crippen LogP contribution in [0.15, 0.2) is 55.1 Å². The van der Waals surface area contributed by atoms with Crippen molar-refractivity contribution in [2.24, 2.45) is 0 Å². The highest BCUT2D eigenvalue weighted by atomic mass is 15.1. The van der Waals surface area contributed by atoms with E-state index in [1.54, 1.807) is 6.20 Å². The summed E-state index contributed by atoms with van der Waals surface area (Å²) in [5.41, 5.74) is 8.87. The summed E-state index contributed by atoms with van der Waals surface area (Å²) in [5.74, 6) is 0.887. The zero-order chi connectivity index (χ0) is 14.4. The Hall–Kier alpha value is -2.88. The van der Waals surface area contributed by atoms with Crippen LogP contribution in [0.5, 0.6) is 0 Å². The molecule has 3 aromatic heterocycles. The van der Waals surface area contributed by atoms with Crippen molar-refractivity contribution in [2.45, 2.75) is 6.92 Å². The van der Waals surface area contributed by atoms with E-state index >= 15 is 0 Å². The molecule has 0 amide bonds. The summed E-state index contributed by atoms with van der Waals surface area (Å²) in [7, 11) is 0. The van der Waals surface area contributed by atoms with Gasteiger partial charge in [-0.15, -0.1) is 0 Å². The normalized spacial score (nSPS) is 11.3. The molecule has 0 unspecified atom stereocenters. The lowest BCUT2D eigenvalue weighted by molar-refractivity contribution is 1.05. The van der Waals surface area contributed by atoms with Crippen molar-refractivity contribution < 1.29 is 0 Å². The van der Waals surface area contributed by atoms with Crippen molar-refractivity contribution in [2.75, 3.05) is 5.73 Å². The maximum Gasteiger partial charge on any atom is 0.137 e. The number of nitrogen functional groups attached to an aromatic ring is 1. The van der Waals surface area contributed by atoms with Crippen molar-refractivity contribution in [3.63, 3.8) is 0 Å². The van der Waals surface area contributed by atoms with Gasteiger partial charge < -0.3 is 5.73 Å². The van der Waals surface area contributed by atoms with Gasteiger partial charge in [0, 0.05) is 35.1 Å². The maximum atomic E-state index is 5.89. The van der Waals surface area contributed by atoms with Crippen molar-refractivity contribution >= 4 is 27.4 Å². The van der Waals surface area contributed by atoms with E-state index in [0.717, 1.165) is 33.4 Å². The quantitative estimate of drug-likeness (QED) is 0.541. The monoisotopic (exact) mass is 274 g/mol. The highest BCUT2D eigenvalue weighted by Crippen LogP contribution is 2.25. The minimum Gasteiger partial charge on any atom is -0.399 e. The maximum absolute atomic E-state index is 5.89. The Balaban J connectivity index is 1.99. The van der Waals surface area contributed by atoms with Gasteiger partial charge in [0.25, 0.3) is 0 Å². The SMILES string of the molecule is Cc1cc(N)cc2cnc(-n3ccc4ccncc43)cc12. The van der Waals surface area contributed by atoms with E-state index in [4.69, 9.17) is 5.73 Å². The van der Waals surface area contributed by atoms with Crippen LogP contribution in [-0.2, 0) is 0 Å². The molecule has 102 valence electrons. The topological polar surface area (TPSA) is 56.7 Å². The van der Waals surface area contributed by atoms with E-state index in [1.165, 1.54) is 5.39 Å². The average Bonchev–Trinajstić information content (AvgIpc) is 2.91. The van der Waals surface area contributed by atoms with E-state index in [9.17, 15) is 0 Å². The van der Waals surface area contributed by atoms with E-state index in [2.05, 4.69) is 33.6 Å². The third-order valence-electron chi connectivity index (χ3n) is 3.79. The Bertz CT molecular complexity index is 969. The first kappa shape index (κ1) is 11.9. The number of hydrogen-bond acceptors (Lipinski definition) is 3. The Labute approximate surface area is 121 Å². The molecule has 0 saturated carbocycles. The highest BCUT2D eigenvalue weighted by molar-refractivity contribution is 5.89. The van der Waals surface area contributed by atoms with Gasteiger partial charge in [0.2, 0.25) is 0 Å². The van der Waals surface area contributed by atoms with Crippen LogP contribution >= 0.6 is 0 Å². The fourth-order valence-corrected chi connectivity index (χ4v) is 2.77. The molecule has 0 saturated heterocycles. The molecule has 0 bridgehead atoms. The number of hydrogen-bond donors (Lipinski definition) is 1. The standard InChI is InChI=1S/C17H14N4/c1-11-6-14(18)7-13-9-20-17(8-15(11)13)21-5-3-12-2-4-19-10-16(12)21/h2-10H,18H2,1H3.